The van der Waals surface area contributed by atoms with Crippen molar-refractivity contribution < 1.29 is 5.11 Å². The minimum absolute atomic E-state index is 0. The summed E-state index contributed by atoms with van der Waals surface area (Å²) >= 11 is 6.35. The highest BCUT2D eigenvalue weighted by atomic mass is 35.5. The normalized spacial score (nSPS) is 14.7. The van der Waals surface area contributed by atoms with Gasteiger partial charge in [-0.1, -0.05) is 84.4 Å². The van der Waals surface area contributed by atoms with Crippen molar-refractivity contribution >= 4 is 48.8 Å². The summed E-state index contributed by atoms with van der Waals surface area (Å²) in [7, 11) is 0. The Morgan fingerprint density at radius 1 is 0.816 bits per heavy atom. The Hall–Kier alpha value is -2.09. The van der Waals surface area contributed by atoms with Gasteiger partial charge in [0.2, 0.25) is 0 Å². The number of hydrogen-bond donors (Lipinski definition) is 2. The molecule has 0 spiro atoms. The number of hydrogen-bond acceptors (Lipinski definition) is 4. The molecule has 38 heavy (non-hydrogen) atoms. The number of imidazole rings is 1. The van der Waals surface area contributed by atoms with Crippen LogP contribution in [0.25, 0.3) is 11.4 Å². The molecule has 0 amide bonds. The van der Waals surface area contributed by atoms with Gasteiger partial charge in [-0.15, -0.1) is 37.2 Å². The second-order valence-corrected chi connectivity index (χ2v) is 9.56. The molecule has 2 N–H and O–H groups in total. The Morgan fingerprint density at radius 2 is 1.34 bits per heavy atom. The Morgan fingerprint density at radius 3 is 1.89 bits per heavy atom. The Bertz CT molecular complexity index is 1210. The summed E-state index contributed by atoms with van der Waals surface area (Å²) < 4.78 is 0. The highest BCUT2D eigenvalue weighted by Gasteiger charge is 2.28. The van der Waals surface area contributed by atoms with Gasteiger partial charge in [0.25, 0.3) is 0 Å². The predicted octanol–water partition coefficient (Wildman–Crippen LogP) is 6.74. The maximum absolute atomic E-state index is 11.0. The fourth-order valence-electron chi connectivity index (χ4n) is 5.00. The van der Waals surface area contributed by atoms with Gasteiger partial charge >= 0.3 is 0 Å². The lowest BCUT2D eigenvalue weighted by Crippen LogP contribution is -2.48. The molecule has 5 nitrogen and oxygen atoms in total. The third kappa shape index (κ3) is 7.30. The second-order valence-electron chi connectivity index (χ2n) is 9.15. The van der Waals surface area contributed by atoms with Gasteiger partial charge in [-0.05, 0) is 30.2 Å². The van der Waals surface area contributed by atoms with Crippen molar-refractivity contribution in [1.29, 1.82) is 0 Å². The summed E-state index contributed by atoms with van der Waals surface area (Å²) in [5.74, 6) is 0.695. The van der Waals surface area contributed by atoms with Crippen molar-refractivity contribution in [3.8, 4) is 11.4 Å². The second kappa shape index (κ2) is 14.9. The van der Waals surface area contributed by atoms with E-state index in [2.05, 4.69) is 75.4 Å². The fraction of sp³-hybridized carbons (Fsp3) is 0.276. The standard InChI is InChI=1S/C29H31ClN4O.3ClH/c1-21-27(32-29(31-21)24-14-8-9-15-25(24)30)26(35)20-33-16-18-34(19-17-33)28(22-10-4-2-5-11-22)23-12-6-3-7-13-23;;;/h2-15,26,28,35H,16-20H2,1H3,(H,31,32);3*1H. The lowest BCUT2D eigenvalue weighted by molar-refractivity contribution is 0.0606. The smallest absolute Gasteiger partial charge is 0.139 e. The largest absolute Gasteiger partial charge is 0.385 e. The highest BCUT2D eigenvalue weighted by Crippen LogP contribution is 2.31. The fourth-order valence-corrected chi connectivity index (χ4v) is 5.22. The molecule has 204 valence electrons. The van der Waals surface area contributed by atoms with E-state index in [1.54, 1.807) is 0 Å². The molecule has 5 rings (SSSR count). The van der Waals surface area contributed by atoms with E-state index >= 15 is 0 Å². The van der Waals surface area contributed by atoms with E-state index in [0.717, 1.165) is 37.4 Å². The van der Waals surface area contributed by atoms with E-state index in [4.69, 9.17) is 16.6 Å². The first kappa shape index (κ1) is 32.1. The van der Waals surface area contributed by atoms with Crippen molar-refractivity contribution in [2.75, 3.05) is 32.7 Å². The molecule has 1 atom stereocenters. The Labute approximate surface area is 248 Å². The molecular weight excluding hydrogens is 562 g/mol. The van der Waals surface area contributed by atoms with Gasteiger partial charge in [0.15, 0.2) is 0 Å². The van der Waals surface area contributed by atoms with Crippen molar-refractivity contribution in [2.45, 2.75) is 19.1 Å². The van der Waals surface area contributed by atoms with Crippen LogP contribution in [0, 0.1) is 6.92 Å². The monoisotopic (exact) mass is 594 g/mol. The maximum Gasteiger partial charge on any atom is 0.139 e. The number of benzene rings is 3. The van der Waals surface area contributed by atoms with Gasteiger partial charge in [0.05, 0.1) is 16.8 Å². The van der Waals surface area contributed by atoms with E-state index < -0.39 is 6.10 Å². The number of halogens is 4. The van der Waals surface area contributed by atoms with Crippen LogP contribution >= 0.6 is 48.8 Å². The molecule has 1 aliphatic rings. The third-order valence-electron chi connectivity index (χ3n) is 6.80. The summed E-state index contributed by atoms with van der Waals surface area (Å²) in [5, 5.41) is 11.7. The molecular formula is C29H34Cl4N4O. The van der Waals surface area contributed by atoms with Crippen molar-refractivity contribution in [3.63, 3.8) is 0 Å². The lowest BCUT2D eigenvalue weighted by Gasteiger charge is -2.40. The van der Waals surface area contributed by atoms with Crippen LogP contribution in [0.4, 0.5) is 0 Å². The topological polar surface area (TPSA) is 55.4 Å². The molecule has 9 heteroatoms. The zero-order valence-corrected chi connectivity index (χ0v) is 24.4. The first-order valence-corrected chi connectivity index (χ1v) is 12.5. The molecule has 1 aromatic heterocycles. The first-order valence-electron chi connectivity index (χ1n) is 12.2. The number of aliphatic hydroxyl groups excluding tert-OH is 1. The van der Waals surface area contributed by atoms with Crippen LogP contribution in [0.3, 0.4) is 0 Å². The Balaban J connectivity index is 0.00000169. The Kier molecular flexibility index (Phi) is 12.6. The summed E-state index contributed by atoms with van der Waals surface area (Å²) in [6.45, 7) is 6.18. The molecule has 1 aliphatic heterocycles. The van der Waals surface area contributed by atoms with Crippen LogP contribution in [0.15, 0.2) is 84.9 Å². The molecule has 0 bridgehead atoms. The lowest BCUT2D eigenvalue weighted by atomic mass is 9.96. The van der Waals surface area contributed by atoms with Crippen LogP contribution in [0.5, 0.6) is 0 Å². The number of β-amino-alcohol motifs (C(OH)–C–C–N with tert-alkyl or cyclic N) is 1. The number of rotatable bonds is 7. The number of piperazine rings is 1. The molecule has 1 fully saturated rings. The van der Waals surface area contributed by atoms with Gasteiger partial charge in [-0.3, -0.25) is 9.80 Å². The molecule has 4 aromatic rings. The van der Waals surface area contributed by atoms with E-state index in [9.17, 15) is 5.11 Å². The van der Waals surface area contributed by atoms with Crippen LogP contribution in [0.1, 0.15) is 34.7 Å². The van der Waals surface area contributed by atoms with Crippen molar-refractivity contribution in [3.05, 3.63) is 112 Å². The minimum atomic E-state index is -0.659. The molecule has 1 saturated heterocycles. The quantitative estimate of drug-likeness (QED) is 0.248. The number of aryl methyl sites for hydroxylation is 1. The first-order chi connectivity index (χ1) is 17.1. The highest BCUT2D eigenvalue weighted by molar-refractivity contribution is 6.33. The third-order valence-corrected chi connectivity index (χ3v) is 7.13. The number of aliphatic hydroxyl groups is 1. The van der Waals surface area contributed by atoms with Gasteiger partial charge in [0, 0.05) is 44.0 Å². The van der Waals surface area contributed by atoms with Crippen molar-refractivity contribution in [2.24, 2.45) is 0 Å². The zero-order valence-electron chi connectivity index (χ0n) is 21.2. The zero-order chi connectivity index (χ0) is 24.2. The van der Waals surface area contributed by atoms with Crippen LogP contribution in [0.2, 0.25) is 5.02 Å². The van der Waals surface area contributed by atoms with E-state index in [1.807, 2.05) is 31.2 Å². The van der Waals surface area contributed by atoms with Crippen LogP contribution < -0.4 is 0 Å². The van der Waals surface area contributed by atoms with Crippen LogP contribution in [-0.4, -0.2) is 57.6 Å². The average Bonchev–Trinajstić information content (AvgIpc) is 3.28. The maximum atomic E-state index is 11.0. The van der Waals surface area contributed by atoms with E-state index in [0.29, 0.717) is 23.1 Å². The molecule has 3 aromatic carbocycles. The number of aromatic nitrogens is 2. The van der Waals surface area contributed by atoms with Gasteiger partial charge in [0.1, 0.15) is 11.9 Å². The minimum Gasteiger partial charge on any atom is -0.385 e. The average molecular weight is 596 g/mol. The number of H-pyrrole nitrogens is 1. The molecule has 0 saturated carbocycles. The SMILES string of the molecule is Cc1[nH]c(-c2ccccc2Cl)nc1C(O)CN1CCN(C(c2ccccc2)c2ccccc2)CC1.Cl.Cl.Cl. The molecule has 0 aliphatic carbocycles. The summed E-state index contributed by atoms with van der Waals surface area (Å²) in [4.78, 5) is 12.9. The summed E-state index contributed by atoms with van der Waals surface area (Å²) in [6.07, 6.45) is -0.659. The number of aromatic amines is 1. The predicted molar refractivity (Wildman–Crippen MR) is 163 cm³/mol. The van der Waals surface area contributed by atoms with E-state index in [-0.39, 0.29) is 43.3 Å². The summed E-state index contributed by atoms with van der Waals surface area (Å²) in [5.41, 5.74) is 5.03. The van der Waals surface area contributed by atoms with Gasteiger partial charge < -0.3 is 10.1 Å². The van der Waals surface area contributed by atoms with Crippen LogP contribution in [-0.2, 0) is 0 Å². The number of nitrogens with zero attached hydrogens (tertiary/aromatic N) is 3. The van der Waals surface area contributed by atoms with E-state index in [1.165, 1.54) is 11.1 Å². The molecule has 0 radical (unpaired) electrons. The number of nitrogens with one attached hydrogen (secondary N) is 1. The van der Waals surface area contributed by atoms with Gasteiger partial charge in [-0.2, -0.15) is 0 Å². The summed E-state index contributed by atoms with van der Waals surface area (Å²) in [6, 6.07) is 29.3. The molecule has 2 heterocycles. The van der Waals surface area contributed by atoms with Gasteiger partial charge in [-0.25, -0.2) is 4.98 Å². The van der Waals surface area contributed by atoms with Crippen molar-refractivity contribution in [1.82, 2.24) is 19.8 Å². The molecule has 1 unspecified atom stereocenters.